The highest BCUT2D eigenvalue weighted by Gasteiger charge is 2.25. The van der Waals surface area contributed by atoms with E-state index in [1.807, 2.05) is 6.07 Å². The smallest absolute Gasteiger partial charge is 0.141 e. The molecule has 3 aromatic rings. The molecule has 2 aliphatic rings. The van der Waals surface area contributed by atoms with Crippen LogP contribution in [0.2, 0.25) is 5.02 Å². The van der Waals surface area contributed by atoms with Crippen LogP contribution in [0.5, 0.6) is 0 Å². The maximum absolute atomic E-state index is 13.5. The summed E-state index contributed by atoms with van der Waals surface area (Å²) in [6.07, 6.45) is 5.74. The van der Waals surface area contributed by atoms with Crippen molar-refractivity contribution in [2.24, 2.45) is 0 Å². The summed E-state index contributed by atoms with van der Waals surface area (Å²) in [5.74, 6) is 1.12. The second-order valence-corrected chi connectivity index (χ2v) is 8.45. The fourth-order valence-electron chi connectivity index (χ4n) is 4.42. The van der Waals surface area contributed by atoms with Gasteiger partial charge in [-0.05, 0) is 50.2 Å². The minimum absolute atomic E-state index is 0.0670. The molecule has 2 aliphatic heterocycles. The number of hydrogen-bond acceptors (Lipinski definition) is 7. The highest BCUT2D eigenvalue weighted by atomic mass is 35.5. The number of hydrogen-bond donors (Lipinski definition) is 2. The van der Waals surface area contributed by atoms with Crippen molar-refractivity contribution in [1.29, 1.82) is 0 Å². The van der Waals surface area contributed by atoms with E-state index in [2.05, 4.69) is 35.4 Å². The third-order valence-corrected chi connectivity index (χ3v) is 6.44. The van der Waals surface area contributed by atoms with Crippen LogP contribution in [0.15, 0.2) is 36.8 Å². The Hall–Kier alpha value is -2.55. The zero-order valence-corrected chi connectivity index (χ0v) is 17.9. The van der Waals surface area contributed by atoms with Crippen LogP contribution in [-0.4, -0.2) is 65.2 Å². The molecular formula is C22H25ClFN7. The van der Waals surface area contributed by atoms with Crippen LogP contribution in [0, 0.1) is 5.82 Å². The first kappa shape index (κ1) is 20.4. The summed E-state index contributed by atoms with van der Waals surface area (Å²) >= 11 is 5.92. The molecule has 0 radical (unpaired) electrons. The molecule has 0 aliphatic carbocycles. The van der Waals surface area contributed by atoms with Crippen LogP contribution in [0.4, 0.5) is 21.7 Å². The number of nitrogens with one attached hydrogen (secondary N) is 2. The Balaban J connectivity index is 1.34. The van der Waals surface area contributed by atoms with E-state index in [0.717, 1.165) is 56.0 Å². The van der Waals surface area contributed by atoms with E-state index in [9.17, 15) is 4.39 Å². The molecule has 0 bridgehead atoms. The average Bonchev–Trinajstić information content (AvgIpc) is 2.82. The van der Waals surface area contributed by atoms with Crippen LogP contribution in [0.3, 0.4) is 0 Å². The molecule has 0 spiro atoms. The zero-order valence-electron chi connectivity index (χ0n) is 17.2. The van der Waals surface area contributed by atoms with Crippen LogP contribution < -0.4 is 15.5 Å². The van der Waals surface area contributed by atoms with Gasteiger partial charge in [-0.3, -0.25) is 4.90 Å². The van der Waals surface area contributed by atoms with Gasteiger partial charge in [-0.15, -0.1) is 0 Å². The molecule has 7 nitrogen and oxygen atoms in total. The molecule has 162 valence electrons. The van der Waals surface area contributed by atoms with E-state index in [1.165, 1.54) is 25.2 Å². The van der Waals surface area contributed by atoms with Crippen molar-refractivity contribution in [3.8, 4) is 0 Å². The molecule has 2 fully saturated rings. The molecule has 2 saturated heterocycles. The number of fused-ring (bicyclic) bond motifs is 1. The Labute approximate surface area is 185 Å². The number of aromatic nitrogens is 3. The minimum atomic E-state index is -0.449. The van der Waals surface area contributed by atoms with Gasteiger partial charge in [-0.2, -0.15) is 0 Å². The van der Waals surface area contributed by atoms with Crippen LogP contribution in [0.1, 0.15) is 12.8 Å². The van der Waals surface area contributed by atoms with Gasteiger partial charge < -0.3 is 15.5 Å². The number of piperazine rings is 1. The fourth-order valence-corrected chi connectivity index (χ4v) is 4.60. The quantitative estimate of drug-likeness (QED) is 0.642. The number of pyridine rings is 1. The standard InChI is InChI=1S/C22H25ClFN7/c23-18-11-15(1-2-19(18)24)29-22-17-12-21(26-13-20(17)27-14-28-22)31-9-7-30(8-10-31)16-3-5-25-6-4-16/h1-2,11-14,16,25H,3-10H2,(H,27,28,29). The second-order valence-electron chi connectivity index (χ2n) is 8.04. The number of nitrogens with zero attached hydrogens (tertiary/aromatic N) is 5. The van der Waals surface area contributed by atoms with Gasteiger partial charge in [-0.25, -0.2) is 19.3 Å². The maximum atomic E-state index is 13.5. The SMILES string of the molecule is Fc1ccc(Nc2ncnc3cnc(N4CCN(C5CCNCC5)CC4)cc23)cc1Cl. The van der Waals surface area contributed by atoms with Crippen molar-refractivity contribution in [2.45, 2.75) is 18.9 Å². The number of anilines is 3. The van der Waals surface area contributed by atoms with Gasteiger partial charge >= 0.3 is 0 Å². The summed E-state index contributed by atoms with van der Waals surface area (Å²) < 4.78 is 13.5. The highest BCUT2D eigenvalue weighted by Crippen LogP contribution is 2.28. The van der Waals surface area contributed by atoms with E-state index in [-0.39, 0.29) is 5.02 Å². The molecule has 2 N–H and O–H groups in total. The molecule has 0 saturated carbocycles. The largest absolute Gasteiger partial charge is 0.354 e. The molecule has 1 aromatic carbocycles. The van der Waals surface area contributed by atoms with Crippen LogP contribution in [0.25, 0.3) is 10.9 Å². The first-order valence-corrected chi connectivity index (χ1v) is 11.1. The summed E-state index contributed by atoms with van der Waals surface area (Å²) in [7, 11) is 0. The molecule has 9 heteroatoms. The average molecular weight is 442 g/mol. The van der Waals surface area contributed by atoms with E-state index < -0.39 is 5.82 Å². The van der Waals surface area contributed by atoms with Crippen molar-refractivity contribution < 1.29 is 4.39 Å². The molecule has 0 amide bonds. The highest BCUT2D eigenvalue weighted by molar-refractivity contribution is 6.31. The summed E-state index contributed by atoms with van der Waals surface area (Å²) in [4.78, 5) is 18.3. The van der Waals surface area contributed by atoms with Gasteiger partial charge in [-0.1, -0.05) is 11.6 Å². The molecule has 31 heavy (non-hydrogen) atoms. The lowest BCUT2D eigenvalue weighted by Crippen LogP contribution is -2.53. The normalized spacial score (nSPS) is 18.5. The molecule has 0 unspecified atom stereocenters. The molecule has 0 atom stereocenters. The first-order chi connectivity index (χ1) is 15.2. The lowest BCUT2D eigenvalue weighted by atomic mass is 10.0. The van der Waals surface area contributed by atoms with E-state index in [1.54, 1.807) is 18.3 Å². The molecule has 5 rings (SSSR count). The lowest BCUT2D eigenvalue weighted by Gasteiger charge is -2.41. The molecule has 4 heterocycles. The number of benzene rings is 1. The van der Waals surface area contributed by atoms with Gasteiger partial charge in [0.2, 0.25) is 0 Å². The number of halogens is 2. The predicted octanol–water partition coefficient (Wildman–Crippen LogP) is 3.43. The Bertz CT molecular complexity index is 1060. The zero-order chi connectivity index (χ0) is 21.2. The lowest BCUT2D eigenvalue weighted by molar-refractivity contribution is 0.153. The first-order valence-electron chi connectivity index (χ1n) is 10.7. The van der Waals surface area contributed by atoms with Gasteiger partial charge in [0.05, 0.1) is 16.7 Å². The monoisotopic (exact) mass is 441 g/mol. The van der Waals surface area contributed by atoms with Crippen molar-refractivity contribution in [3.05, 3.63) is 47.6 Å². The fraction of sp³-hybridized carbons (Fsp3) is 0.409. The van der Waals surface area contributed by atoms with E-state index in [0.29, 0.717) is 17.5 Å². The van der Waals surface area contributed by atoms with E-state index in [4.69, 9.17) is 11.6 Å². The topological polar surface area (TPSA) is 69.2 Å². The number of rotatable bonds is 4. The van der Waals surface area contributed by atoms with Crippen LogP contribution >= 0.6 is 11.6 Å². The minimum Gasteiger partial charge on any atom is -0.354 e. The predicted molar refractivity (Wildman–Crippen MR) is 122 cm³/mol. The van der Waals surface area contributed by atoms with Crippen LogP contribution in [-0.2, 0) is 0 Å². The Morgan fingerprint density at radius 1 is 1.03 bits per heavy atom. The van der Waals surface area contributed by atoms with Gasteiger partial charge in [0, 0.05) is 43.3 Å². The Kier molecular flexibility index (Phi) is 5.85. The summed E-state index contributed by atoms with van der Waals surface area (Å²) in [6.45, 7) is 6.24. The molecule has 2 aromatic heterocycles. The maximum Gasteiger partial charge on any atom is 0.141 e. The van der Waals surface area contributed by atoms with Crippen molar-refractivity contribution in [2.75, 3.05) is 49.5 Å². The third-order valence-electron chi connectivity index (χ3n) is 6.15. The van der Waals surface area contributed by atoms with Crippen molar-refractivity contribution >= 4 is 39.8 Å². The summed E-state index contributed by atoms with van der Waals surface area (Å²) in [5, 5.41) is 7.61. The summed E-state index contributed by atoms with van der Waals surface area (Å²) in [5.41, 5.74) is 1.42. The van der Waals surface area contributed by atoms with Crippen molar-refractivity contribution in [1.82, 2.24) is 25.2 Å². The Morgan fingerprint density at radius 3 is 2.61 bits per heavy atom. The third kappa shape index (κ3) is 4.42. The van der Waals surface area contributed by atoms with Gasteiger partial charge in [0.1, 0.15) is 23.8 Å². The molecular weight excluding hydrogens is 417 g/mol. The van der Waals surface area contributed by atoms with Gasteiger partial charge in [0.25, 0.3) is 0 Å². The summed E-state index contributed by atoms with van der Waals surface area (Å²) in [6, 6.07) is 7.25. The van der Waals surface area contributed by atoms with Crippen molar-refractivity contribution in [3.63, 3.8) is 0 Å². The number of piperidine rings is 1. The second kappa shape index (κ2) is 8.90. The van der Waals surface area contributed by atoms with E-state index >= 15 is 0 Å². The van der Waals surface area contributed by atoms with Gasteiger partial charge in [0.15, 0.2) is 0 Å². The Morgan fingerprint density at radius 2 is 1.84 bits per heavy atom.